The minimum absolute atomic E-state index is 0.0513. The van der Waals surface area contributed by atoms with Gasteiger partial charge in [0.2, 0.25) is 5.88 Å². The van der Waals surface area contributed by atoms with Gasteiger partial charge in [-0.25, -0.2) is 4.98 Å². The van der Waals surface area contributed by atoms with Gasteiger partial charge in [-0.1, -0.05) is 35.1 Å². The standard InChI is InChI=1S/C21H24ClN7O3S2/c1-12-4-2-5-13(22)16(12)26-18(30)14-10-25-21(33-14)27-20-15(19(31)28-34-20)17(23)24-6-8-29-7-3-9-32-11-29/h2,4-5,10H,3,6-9,11H2,1H3,(H2,23,24)(H,25,27)(H,26,30)(H,28,31). The van der Waals surface area contributed by atoms with Gasteiger partial charge in [0, 0.05) is 26.2 Å². The molecule has 34 heavy (non-hydrogen) atoms. The number of nitrogens with one attached hydrogen (secondary N) is 4. The summed E-state index contributed by atoms with van der Waals surface area (Å²) in [6.45, 7) is 5.44. The first kappa shape index (κ1) is 24.4. The molecule has 5 N–H and O–H groups in total. The van der Waals surface area contributed by atoms with Crippen LogP contribution < -0.4 is 16.0 Å². The van der Waals surface area contributed by atoms with Gasteiger partial charge in [-0.2, -0.15) is 4.37 Å². The largest absolute Gasteiger partial charge is 0.492 e. The fourth-order valence-corrected chi connectivity index (χ4v) is 5.09. The van der Waals surface area contributed by atoms with E-state index in [-0.39, 0.29) is 23.2 Å². The summed E-state index contributed by atoms with van der Waals surface area (Å²) < 4.78 is 9.38. The molecule has 1 fully saturated rings. The minimum atomic E-state index is -0.328. The zero-order valence-corrected chi connectivity index (χ0v) is 20.7. The van der Waals surface area contributed by atoms with Gasteiger partial charge < -0.3 is 25.8 Å². The first-order valence-corrected chi connectivity index (χ1v) is 12.5. The van der Waals surface area contributed by atoms with E-state index in [0.717, 1.165) is 54.5 Å². The molecular weight excluding hydrogens is 498 g/mol. The molecule has 13 heteroatoms. The summed E-state index contributed by atoms with van der Waals surface area (Å²) in [5.74, 6) is -0.518. The lowest BCUT2D eigenvalue weighted by Gasteiger charge is -2.26. The molecule has 180 valence electrons. The highest BCUT2D eigenvalue weighted by molar-refractivity contribution is 7.18. The normalized spacial score (nSPS) is 14.1. The number of thiazole rings is 1. The third-order valence-electron chi connectivity index (χ3n) is 5.10. The molecule has 10 nitrogen and oxygen atoms in total. The Morgan fingerprint density at radius 1 is 1.41 bits per heavy atom. The molecule has 1 aliphatic rings. The van der Waals surface area contributed by atoms with E-state index in [4.69, 9.17) is 21.7 Å². The summed E-state index contributed by atoms with van der Waals surface area (Å²) in [5.41, 5.74) is 1.67. The van der Waals surface area contributed by atoms with Crippen LogP contribution in [0.3, 0.4) is 0 Å². The molecule has 0 spiro atoms. The Hall–Kier alpha value is -2.77. The minimum Gasteiger partial charge on any atom is -0.492 e. The fraction of sp³-hybridized carbons (Fsp3) is 0.333. The van der Waals surface area contributed by atoms with E-state index >= 15 is 0 Å². The van der Waals surface area contributed by atoms with Gasteiger partial charge in [-0.3, -0.25) is 15.1 Å². The summed E-state index contributed by atoms with van der Waals surface area (Å²) in [6, 6.07) is 5.39. The van der Waals surface area contributed by atoms with Crippen LogP contribution in [0.5, 0.6) is 5.88 Å². The number of nitrogens with zero attached hydrogens (tertiary/aromatic N) is 3. The molecule has 0 radical (unpaired) electrons. The molecule has 1 aromatic carbocycles. The number of amides is 1. The van der Waals surface area contributed by atoms with Gasteiger partial charge in [-0.05, 0) is 36.5 Å². The number of anilines is 3. The van der Waals surface area contributed by atoms with E-state index in [0.29, 0.717) is 39.0 Å². The Morgan fingerprint density at radius 2 is 2.26 bits per heavy atom. The molecule has 0 aliphatic carbocycles. The SMILES string of the molecule is Cc1cccc(Cl)c1NC(=O)c1cnc(Nc2snc(O)c2C(=N)NCCN2CCCOC2)s1. The Bertz CT molecular complexity index is 1160. The number of rotatable bonds is 8. The van der Waals surface area contributed by atoms with Crippen molar-refractivity contribution in [3.8, 4) is 5.88 Å². The quantitative estimate of drug-likeness (QED) is 0.223. The lowest BCUT2D eigenvalue weighted by molar-refractivity contribution is -0.0119. The van der Waals surface area contributed by atoms with Crippen LogP contribution in [0.2, 0.25) is 5.02 Å². The Kier molecular flexibility index (Phi) is 7.95. The summed E-state index contributed by atoms with van der Waals surface area (Å²) in [5, 5.41) is 28.8. The van der Waals surface area contributed by atoms with Crippen LogP contribution in [0.1, 0.15) is 27.2 Å². The molecule has 1 amide bonds. The maximum Gasteiger partial charge on any atom is 0.267 e. The summed E-state index contributed by atoms with van der Waals surface area (Å²) in [6.07, 6.45) is 2.45. The van der Waals surface area contributed by atoms with E-state index in [2.05, 4.69) is 30.2 Å². The van der Waals surface area contributed by atoms with Crippen molar-refractivity contribution in [2.24, 2.45) is 0 Å². The Morgan fingerprint density at radius 3 is 3.03 bits per heavy atom. The predicted octanol–water partition coefficient (Wildman–Crippen LogP) is 3.86. The second kappa shape index (κ2) is 11.1. The number of aromatic nitrogens is 2. The Labute approximate surface area is 209 Å². The predicted molar refractivity (Wildman–Crippen MR) is 135 cm³/mol. The number of aromatic hydroxyl groups is 1. The first-order chi connectivity index (χ1) is 16.4. The third-order valence-corrected chi connectivity index (χ3v) is 7.08. The topological polar surface area (TPSA) is 135 Å². The van der Waals surface area contributed by atoms with Gasteiger partial charge in [0.25, 0.3) is 5.91 Å². The number of benzene rings is 1. The van der Waals surface area contributed by atoms with Crippen molar-refractivity contribution in [1.29, 1.82) is 5.41 Å². The number of ether oxygens (including phenoxy) is 1. The van der Waals surface area contributed by atoms with Crippen molar-refractivity contribution in [3.63, 3.8) is 0 Å². The number of para-hydroxylation sites is 1. The number of hydrogen-bond donors (Lipinski definition) is 5. The van der Waals surface area contributed by atoms with Gasteiger partial charge in [0.15, 0.2) is 5.13 Å². The number of carbonyl (C=O) groups is 1. The second-order valence-electron chi connectivity index (χ2n) is 7.56. The summed E-state index contributed by atoms with van der Waals surface area (Å²) in [7, 11) is 0. The first-order valence-electron chi connectivity index (χ1n) is 10.5. The van der Waals surface area contributed by atoms with E-state index in [1.165, 1.54) is 6.20 Å². The fourth-order valence-electron chi connectivity index (χ4n) is 3.34. The van der Waals surface area contributed by atoms with Crippen LogP contribution in [-0.2, 0) is 4.74 Å². The zero-order valence-electron chi connectivity index (χ0n) is 18.4. The highest BCUT2D eigenvalue weighted by atomic mass is 35.5. The van der Waals surface area contributed by atoms with Gasteiger partial charge in [-0.15, -0.1) is 0 Å². The molecule has 0 unspecified atom stereocenters. The van der Waals surface area contributed by atoms with Crippen molar-refractivity contribution >= 4 is 62.0 Å². The van der Waals surface area contributed by atoms with Crippen LogP contribution >= 0.6 is 34.5 Å². The van der Waals surface area contributed by atoms with Crippen LogP contribution in [0.15, 0.2) is 24.4 Å². The van der Waals surface area contributed by atoms with E-state index < -0.39 is 0 Å². The van der Waals surface area contributed by atoms with E-state index in [1.807, 2.05) is 19.1 Å². The number of amidine groups is 1. The number of hydrogen-bond acceptors (Lipinski definition) is 10. The number of carbonyl (C=O) groups excluding carboxylic acids is 1. The van der Waals surface area contributed by atoms with E-state index in [1.54, 1.807) is 6.07 Å². The average molecular weight is 522 g/mol. The molecule has 1 saturated heterocycles. The molecule has 0 bridgehead atoms. The van der Waals surface area contributed by atoms with Crippen LogP contribution in [-0.4, -0.2) is 64.1 Å². The van der Waals surface area contributed by atoms with E-state index in [9.17, 15) is 9.90 Å². The van der Waals surface area contributed by atoms with Crippen molar-refractivity contribution in [3.05, 3.63) is 45.4 Å². The van der Waals surface area contributed by atoms with Gasteiger partial charge >= 0.3 is 0 Å². The van der Waals surface area contributed by atoms with Gasteiger partial charge in [0.1, 0.15) is 21.3 Å². The van der Waals surface area contributed by atoms with Crippen molar-refractivity contribution in [2.75, 3.05) is 43.6 Å². The lowest BCUT2D eigenvalue weighted by Crippen LogP contribution is -2.39. The maximum atomic E-state index is 12.7. The molecule has 0 saturated carbocycles. The van der Waals surface area contributed by atoms with Crippen LogP contribution in [0, 0.1) is 12.3 Å². The number of aryl methyl sites for hydroxylation is 1. The monoisotopic (exact) mass is 521 g/mol. The molecule has 1 aliphatic heterocycles. The summed E-state index contributed by atoms with van der Waals surface area (Å²) >= 11 is 8.35. The van der Waals surface area contributed by atoms with Crippen molar-refractivity contribution < 1.29 is 14.6 Å². The smallest absolute Gasteiger partial charge is 0.267 e. The molecule has 4 rings (SSSR count). The zero-order chi connectivity index (χ0) is 24.1. The van der Waals surface area contributed by atoms with Crippen LogP contribution in [0.25, 0.3) is 0 Å². The molecular formula is C21H24ClN7O3S2. The molecule has 0 atom stereocenters. The lowest BCUT2D eigenvalue weighted by atomic mass is 10.2. The maximum absolute atomic E-state index is 12.7. The molecule has 3 aromatic rings. The van der Waals surface area contributed by atoms with Crippen LogP contribution in [0.4, 0.5) is 15.8 Å². The average Bonchev–Trinajstić information content (AvgIpc) is 3.44. The van der Waals surface area contributed by atoms with Gasteiger partial charge in [0.05, 0.1) is 23.6 Å². The Balaban J connectivity index is 1.38. The van der Waals surface area contributed by atoms with Crippen molar-refractivity contribution in [2.45, 2.75) is 13.3 Å². The highest BCUT2D eigenvalue weighted by Gasteiger charge is 2.20. The number of halogens is 1. The second-order valence-corrected chi connectivity index (χ2v) is 9.77. The highest BCUT2D eigenvalue weighted by Crippen LogP contribution is 2.34. The third kappa shape index (κ3) is 5.83. The molecule has 3 heterocycles. The van der Waals surface area contributed by atoms with Crippen molar-refractivity contribution in [1.82, 2.24) is 19.6 Å². The summed E-state index contributed by atoms with van der Waals surface area (Å²) in [4.78, 5) is 19.5. The molecule has 2 aromatic heterocycles.